The van der Waals surface area contributed by atoms with Crippen LogP contribution in [0.5, 0.6) is 0 Å². The maximum absolute atomic E-state index is 5.98. The predicted molar refractivity (Wildman–Crippen MR) is 89.6 cm³/mol. The number of guanidine groups is 1. The Morgan fingerprint density at radius 2 is 1.81 bits per heavy atom. The summed E-state index contributed by atoms with van der Waals surface area (Å²) in [4.78, 5) is 7.16. The Hall–Kier alpha value is -0.810. The lowest BCUT2D eigenvalue weighted by molar-refractivity contribution is 0.165. The molecule has 0 aromatic rings. The van der Waals surface area contributed by atoms with Crippen LogP contribution in [0.2, 0.25) is 0 Å². The molecule has 0 radical (unpaired) electrons. The molecule has 1 rings (SSSR count). The number of rotatable bonds is 7. The van der Waals surface area contributed by atoms with Crippen molar-refractivity contribution in [2.75, 3.05) is 33.4 Å². The van der Waals surface area contributed by atoms with Gasteiger partial charge in [0.15, 0.2) is 5.96 Å². The minimum atomic E-state index is 0.189. The number of aliphatic imine (C=N–C) groups is 1. The van der Waals surface area contributed by atoms with Crippen LogP contribution in [0.4, 0.5) is 0 Å². The summed E-state index contributed by atoms with van der Waals surface area (Å²) in [6.07, 6.45) is 5.35. The van der Waals surface area contributed by atoms with Gasteiger partial charge in [-0.15, -0.1) is 0 Å². The Morgan fingerprint density at radius 3 is 2.33 bits per heavy atom. The molecule has 1 aliphatic rings. The minimum absolute atomic E-state index is 0.189. The second-order valence-corrected chi connectivity index (χ2v) is 6.49. The number of nitrogens with two attached hydrogens (primary N) is 1. The van der Waals surface area contributed by atoms with E-state index in [1.807, 2.05) is 6.92 Å². The van der Waals surface area contributed by atoms with Crippen molar-refractivity contribution in [1.29, 1.82) is 0 Å². The van der Waals surface area contributed by atoms with Gasteiger partial charge in [-0.3, -0.25) is 9.89 Å². The molecule has 0 spiro atoms. The quantitative estimate of drug-likeness (QED) is 0.556. The Balaban J connectivity index is 2.52. The summed E-state index contributed by atoms with van der Waals surface area (Å²) < 4.78 is 5.10. The summed E-state index contributed by atoms with van der Waals surface area (Å²) in [6.45, 7) is 10.4. The molecule has 3 N–H and O–H groups in total. The van der Waals surface area contributed by atoms with Gasteiger partial charge in [-0.05, 0) is 38.8 Å². The van der Waals surface area contributed by atoms with Crippen LogP contribution in [-0.4, -0.2) is 56.3 Å². The van der Waals surface area contributed by atoms with Gasteiger partial charge < -0.3 is 15.8 Å². The average Bonchev–Trinajstić information content (AvgIpc) is 2.67. The molecule has 1 fully saturated rings. The number of ether oxygens (including phenoxy) is 1. The van der Waals surface area contributed by atoms with E-state index >= 15 is 0 Å². The van der Waals surface area contributed by atoms with Crippen molar-refractivity contribution in [2.45, 2.75) is 58.5 Å². The largest absolute Gasteiger partial charge is 0.383 e. The lowest BCUT2D eigenvalue weighted by atomic mass is 10.0. The van der Waals surface area contributed by atoms with Crippen LogP contribution in [-0.2, 0) is 4.74 Å². The van der Waals surface area contributed by atoms with Crippen LogP contribution in [0.15, 0.2) is 4.99 Å². The third kappa shape index (κ3) is 7.14. The lowest BCUT2D eigenvalue weighted by Gasteiger charge is -2.32. The zero-order chi connectivity index (χ0) is 15.7. The van der Waals surface area contributed by atoms with E-state index in [2.05, 4.69) is 29.1 Å². The van der Waals surface area contributed by atoms with Crippen molar-refractivity contribution in [3.8, 4) is 0 Å². The SMILES string of the molecule is COCC(C)NC(N)=NCC(C(C)C)N1CCCCCC1. The van der Waals surface area contributed by atoms with Gasteiger partial charge in [-0.25, -0.2) is 0 Å². The summed E-state index contributed by atoms with van der Waals surface area (Å²) in [7, 11) is 1.69. The summed E-state index contributed by atoms with van der Waals surface area (Å²) in [5.41, 5.74) is 5.98. The third-order valence-electron chi connectivity index (χ3n) is 4.14. The number of likely N-dealkylation sites (tertiary alicyclic amines) is 1. The first-order valence-corrected chi connectivity index (χ1v) is 8.34. The van der Waals surface area contributed by atoms with Gasteiger partial charge in [0.1, 0.15) is 0 Å². The number of nitrogens with one attached hydrogen (secondary N) is 1. The Kier molecular flexibility index (Phi) is 8.69. The first-order chi connectivity index (χ1) is 10.0. The van der Waals surface area contributed by atoms with Gasteiger partial charge in [0.25, 0.3) is 0 Å². The molecular weight excluding hydrogens is 264 g/mol. The summed E-state index contributed by atoms with van der Waals surface area (Å²) in [5.74, 6) is 1.12. The van der Waals surface area contributed by atoms with Crippen molar-refractivity contribution in [2.24, 2.45) is 16.6 Å². The maximum atomic E-state index is 5.98. The molecule has 0 aromatic heterocycles. The van der Waals surface area contributed by atoms with Gasteiger partial charge in [-0.2, -0.15) is 0 Å². The Bertz CT molecular complexity index is 299. The molecule has 2 unspecified atom stereocenters. The monoisotopic (exact) mass is 298 g/mol. The second-order valence-electron chi connectivity index (χ2n) is 6.49. The Morgan fingerprint density at radius 1 is 1.19 bits per heavy atom. The molecule has 21 heavy (non-hydrogen) atoms. The molecule has 1 heterocycles. The topological polar surface area (TPSA) is 62.9 Å². The van der Waals surface area contributed by atoms with Crippen molar-refractivity contribution >= 4 is 5.96 Å². The molecule has 5 heteroatoms. The highest BCUT2D eigenvalue weighted by Crippen LogP contribution is 2.17. The van der Waals surface area contributed by atoms with Crippen LogP contribution in [0.3, 0.4) is 0 Å². The molecule has 1 aliphatic heterocycles. The molecule has 5 nitrogen and oxygen atoms in total. The van der Waals surface area contributed by atoms with E-state index in [0.717, 1.165) is 6.54 Å². The maximum Gasteiger partial charge on any atom is 0.188 e. The zero-order valence-corrected chi connectivity index (χ0v) is 14.3. The molecule has 0 bridgehead atoms. The van der Waals surface area contributed by atoms with Crippen LogP contribution in [0.25, 0.3) is 0 Å². The van der Waals surface area contributed by atoms with Gasteiger partial charge in [0.05, 0.1) is 13.2 Å². The lowest BCUT2D eigenvalue weighted by Crippen LogP contribution is -2.44. The van der Waals surface area contributed by atoms with Crippen LogP contribution >= 0.6 is 0 Å². The smallest absolute Gasteiger partial charge is 0.188 e. The summed E-state index contributed by atoms with van der Waals surface area (Å²) in [6, 6.07) is 0.676. The van der Waals surface area contributed by atoms with Gasteiger partial charge in [0.2, 0.25) is 0 Å². The molecule has 0 aromatic carbocycles. The van der Waals surface area contributed by atoms with Gasteiger partial charge in [0, 0.05) is 19.2 Å². The standard InChI is InChI=1S/C16H34N4O/c1-13(2)15(20-9-7-5-6-8-10-20)11-18-16(17)19-14(3)12-21-4/h13-15H,5-12H2,1-4H3,(H3,17,18,19). The van der Waals surface area contributed by atoms with E-state index in [1.165, 1.54) is 38.8 Å². The van der Waals surface area contributed by atoms with Gasteiger partial charge >= 0.3 is 0 Å². The first kappa shape index (κ1) is 18.2. The van der Waals surface area contributed by atoms with Gasteiger partial charge in [-0.1, -0.05) is 26.7 Å². The third-order valence-corrected chi connectivity index (χ3v) is 4.14. The fourth-order valence-corrected chi connectivity index (χ4v) is 2.96. The van der Waals surface area contributed by atoms with Crippen LogP contribution in [0, 0.1) is 5.92 Å². The highest BCUT2D eigenvalue weighted by atomic mass is 16.5. The molecule has 2 atom stereocenters. The van der Waals surface area contributed by atoms with Crippen molar-refractivity contribution in [3.63, 3.8) is 0 Å². The van der Waals surface area contributed by atoms with Crippen molar-refractivity contribution < 1.29 is 4.74 Å². The highest BCUT2D eigenvalue weighted by Gasteiger charge is 2.22. The average molecular weight is 298 g/mol. The van der Waals surface area contributed by atoms with E-state index in [-0.39, 0.29) is 6.04 Å². The predicted octanol–water partition coefficient (Wildman–Crippen LogP) is 1.83. The van der Waals surface area contributed by atoms with Crippen molar-refractivity contribution in [3.05, 3.63) is 0 Å². The Labute approximate surface area is 130 Å². The number of hydrogen-bond acceptors (Lipinski definition) is 3. The first-order valence-electron chi connectivity index (χ1n) is 8.34. The number of nitrogens with zero attached hydrogens (tertiary/aromatic N) is 2. The van der Waals surface area contributed by atoms with Crippen LogP contribution in [0.1, 0.15) is 46.5 Å². The zero-order valence-electron chi connectivity index (χ0n) is 14.3. The fourth-order valence-electron chi connectivity index (χ4n) is 2.96. The van der Waals surface area contributed by atoms with Crippen LogP contribution < -0.4 is 11.1 Å². The van der Waals surface area contributed by atoms with E-state index in [1.54, 1.807) is 7.11 Å². The minimum Gasteiger partial charge on any atom is -0.383 e. The highest BCUT2D eigenvalue weighted by molar-refractivity contribution is 5.78. The molecule has 124 valence electrons. The molecule has 0 saturated carbocycles. The van der Waals surface area contributed by atoms with E-state index in [4.69, 9.17) is 10.5 Å². The fraction of sp³-hybridized carbons (Fsp3) is 0.938. The summed E-state index contributed by atoms with van der Waals surface area (Å²) >= 11 is 0. The van der Waals surface area contributed by atoms with E-state index in [0.29, 0.717) is 24.5 Å². The number of hydrogen-bond donors (Lipinski definition) is 2. The summed E-state index contributed by atoms with van der Waals surface area (Å²) in [5, 5.41) is 3.17. The van der Waals surface area contributed by atoms with Crippen molar-refractivity contribution in [1.82, 2.24) is 10.2 Å². The molecular formula is C16H34N4O. The number of methoxy groups -OCH3 is 1. The molecule has 0 aliphatic carbocycles. The normalized spacial score (nSPS) is 21.1. The second kappa shape index (κ2) is 10.0. The van der Waals surface area contributed by atoms with E-state index < -0.39 is 0 Å². The molecule has 0 amide bonds. The molecule has 1 saturated heterocycles. The van der Waals surface area contributed by atoms with E-state index in [9.17, 15) is 0 Å².